The average Bonchev–Trinajstić information content (AvgIpc) is 2.86. The number of nitrogens with one attached hydrogen (secondary N) is 1. The van der Waals surface area contributed by atoms with Gasteiger partial charge in [-0.3, -0.25) is 9.59 Å². The van der Waals surface area contributed by atoms with Crippen molar-refractivity contribution in [2.45, 2.75) is 45.6 Å². The maximum atomic E-state index is 13.6. The standard InChI is InChI=1S/C27H29FN2O4/c1-17-24(29-23-7-5-20(28)14-22(23)27(17)32)16-34-21-6-4-19-3-2-10-30(25(19)15-21)26(31)13-18-8-11-33-12-9-18/h4-7,14-15,18H,2-3,8-13,16H2,1H3,(H,29,32). The van der Waals surface area contributed by atoms with Crippen LogP contribution >= 0.6 is 0 Å². The minimum atomic E-state index is -0.439. The number of H-pyrrole nitrogens is 1. The number of rotatable bonds is 5. The van der Waals surface area contributed by atoms with Crippen molar-refractivity contribution in [1.29, 1.82) is 0 Å². The molecule has 2 aliphatic heterocycles. The highest BCUT2D eigenvalue weighted by Gasteiger charge is 2.26. The molecule has 6 nitrogen and oxygen atoms in total. The number of carbonyl (C=O) groups is 1. The van der Waals surface area contributed by atoms with Crippen molar-refractivity contribution in [2.24, 2.45) is 5.92 Å². The molecule has 178 valence electrons. The topological polar surface area (TPSA) is 71.6 Å². The smallest absolute Gasteiger partial charge is 0.227 e. The van der Waals surface area contributed by atoms with Gasteiger partial charge in [0.2, 0.25) is 5.91 Å². The van der Waals surface area contributed by atoms with E-state index in [1.54, 1.807) is 13.0 Å². The van der Waals surface area contributed by atoms with Gasteiger partial charge in [0, 0.05) is 48.7 Å². The number of hydrogen-bond donors (Lipinski definition) is 1. The number of hydrogen-bond acceptors (Lipinski definition) is 4. The van der Waals surface area contributed by atoms with E-state index in [1.807, 2.05) is 23.1 Å². The Morgan fingerprint density at radius 1 is 1.21 bits per heavy atom. The lowest BCUT2D eigenvalue weighted by Crippen LogP contribution is -2.37. The van der Waals surface area contributed by atoms with Crippen LogP contribution < -0.4 is 15.1 Å². The molecule has 1 amide bonds. The monoisotopic (exact) mass is 464 g/mol. The Balaban J connectivity index is 1.34. The third-order valence-electron chi connectivity index (χ3n) is 6.97. The van der Waals surface area contributed by atoms with Crippen molar-refractivity contribution in [1.82, 2.24) is 4.98 Å². The van der Waals surface area contributed by atoms with Crippen molar-refractivity contribution in [3.8, 4) is 5.75 Å². The van der Waals surface area contributed by atoms with Crippen LogP contribution in [0.4, 0.5) is 10.1 Å². The van der Waals surface area contributed by atoms with Gasteiger partial charge in [-0.2, -0.15) is 0 Å². The molecule has 2 aliphatic rings. The molecule has 3 heterocycles. The number of pyridine rings is 1. The van der Waals surface area contributed by atoms with Crippen LogP contribution in [0, 0.1) is 18.7 Å². The molecular formula is C27H29FN2O4. The molecular weight excluding hydrogens is 435 g/mol. The fourth-order valence-corrected chi connectivity index (χ4v) is 4.92. The molecule has 2 aromatic carbocycles. The molecule has 0 saturated carbocycles. The molecule has 0 bridgehead atoms. The van der Waals surface area contributed by atoms with E-state index in [1.165, 1.54) is 12.1 Å². The Morgan fingerprint density at radius 2 is 2.03 bits per heavy atom. The van der Waals surface area contributed by atoms with Crippen LogP contribution in [0.25, 0.3) is 10.9 Å². The average molecular weight is 465 g/mol. The summed E-state index contributed by atoms with van der Waals surface area (Å²) in [6.07, 6.45) is 4.30. The van der Waals surface area contributed by atoms with Gasteiger partial charge in [-0.15, -0.1) is 0 Å². The van der Waals surface area contributed by atoms with Crippen LogP contribution in [-0.2, 0) is 22.6 Å². The molecule has 3 aromatic rings. The quantitative estimate of drug-likeness (QED) is 0.597. The maximum Gasteiger partial charge on any atom is 0.227 e. The number of aryl methyl sites for hydroxylation is 1. The third kappa shape index (κ3) is 4.57. The molecule has 1 fully saturated rings. The Hall–Kier alpha value is -3.19. The van der Waals surface area contributed by atoms with Crippen LogP contribution in [0.15, 0.2) is 41.2 Å². The van der Waals surface area contributed by atoms with Gasteiger partial charge >= 0.3 is 0 Å². The molecule has 34 heavy (non-hydrogen) atoms. The van der Waals surface area contributed by atoms with Crippen molar-refractivity contribution in [3.63, 3.8) is 0 Å². The fraction of sp³-hybridized carbons (Fsp3) is 0.407. The maximum absolute atomic E-state index is 13.6. The largest absolute Gasteiger partial charge is 0.487 e. The highest BCUT2D eigenvalue weighted by Crippen LogP contribution is 2.33. The van der Waals surface area contributed by atoms with Crippen LogP contribution in [0.1, 0.15) is 42.5 Å². The summed E-state index contributed by atoms with van der Waals surface area (Å²) >= 11 is 0. The van der Waals surface area contributed by atoms with E-state index in [2.05, 4.69) is 4.98 Å². The number of benzene rings is 2. The zero-order chi connectivity index (χ0) is 23.7. The van der Waals surface area contributed by atoms with Gasteiger partial charge in [0.15, 0.2) is 5.43 Å². The van der Waals surface area contributed by atoms with E-state index in [0.29, 0.717) is 46.8 Å². The number of carbonyl (C=O) groups excluding carboxylic acids is 1. The molecule has 0 atom stereocenters. The molecule has 0 radical (unpaired) electrons. The molecule has 1 saturated heterocycles. The van der Waals surface area contributed by atoms with Crippen LogP contribution in [0.5, 0.6) is 5.75 Å². The zero-order valence-corrected chi connectivity index (χ0v) is 19.4. The Labute approximate surface area is 197 Å². The molecule has 7 heteroatoms. The second-order valence-electron chi connectivity index (χ2n) is 9.24. The van der Waals surface area contributed by atoms with Crippen LogP contribution in [-0.4, -0.2) is 30.6 Å². The summed E-state index contributed by atoms with van der Waals surface area (Å²) in [5.74, 6) is 0.745. The first-order chi connectivity index (χ1) is 16.5. The van der Waals surface area contributed by atoms with E-state index in [9.17, 15) is 14.0 Å². The van der Waals surface area contributed by atoms with Gasteiger partial charge in [-0.05, 0) is 68.4 Å². The summed E-state index contributed by atoms with van der Waals surface area (Å²) in [6, 6.07) is 10.0. The summed E-state index contributed by atoms with van der Waals surface area (Å²) < 4.78 is 25.0. The fourth-order valence-electron chi connectivity index (χ4n) is 4.92. The predicted octanol–water partition coefficient (Wildman–Crippen LogP) is 4.65. The first kappa shape index (κ1) is 22.6. The van der Waals surface area contributed by atoms with E-state index in [4.69, 9.17) is 9.47 Å². The summed E-state index contributed by atoms with van der Waals surface area (Å²) in [6.45, 7) is 4.07. The minimum Gasteiger partial charge on any atom is -0.487 e. The van der Waals surface area contributed by atoms with Gasteiger partial charge in [0.05, 0.1) is 11.4 Å². The van der Waals surface area contributed by atoms with Crippen molar-refractivity contribution >= 4 is 22.5 Å². The number of aromatic nitrogens is 1. The highest BCUT2D eigenvalue weighted by molar-refractivity contribution is 5.95. The van der Waals surface area contributed by atoms with Gasteiger partial charge in [-0.1, -0.05) is 6.07 Å². The summed E-state index contributed by atoms with van der Waals surface area (Å²) in [7, 11) is 0. The van der Waals surface area contributed by atoms with Gasteiger partial charge in [0.1, 0.15) is 18.2 Å². The summed E-state index contributed by atoms with van der Waals surface area (Å²) in [4.78, 5) is 30.9. The highest BCUT2D eigenvalue weighted by atomic mass is 19.1. The predicted molar refractivity (Wildman–Crippen MR) is 129 cm³/mol. The van der Waals surface area contributed by atoms with Crippen molar-refractivity contribution in [2.75, 3.05) is 24.7 Å². The number of amides is 1. The number of fused-ring (bicyclic) bond motifs is 2. The Morgan fingerprint density at radius 3 is 2.85 bits per heavy atom. The molecule has 0 spiro atoms. The lowest BCUT2D eigenvalue weighted by atomic mass is 9.94. The Bertz CT molecular complexity index is 1280. The lowest BCUT2D eigenvalue weighted by Gasteiger charge is -2.32. The van der Waals surface area contributed by atoms with Gasteiger partial charge in [-0.25, -0.2) is 4.39 Å². The third-order valence-corrected chi connectivity index (χ3v) is 6.97. The second kappa shape index (κ2) is 9.58. The minimum absolute atomic E-state index is 0.159. The van der Waals surface area contributed by atoms with E-state index in [-0.39, 0.29) is 17.9 Å². The molecule has 0 unspecified atom stereocenters. The molecule has 1 aromatic heterocycles. The SMILES string of the molecule is Cc1c(COc2ccc3c(c2)N(C(=O)CC2CCOCC2)CCC3)[nH]c2ccc(F)cc2c1=O. The number of halogens is 1. The lowest BCUT2D eigenvalue weighted by molar-refractivity contribution is -0.120. The number of aromatic amines is 1. The van der Waals surface area contributed by atoms with Crippen molar-refractivity contribution in [3.05, 3.63) is 69.3 Å². The summed E-state index contributed by atoms with van der Waals surface area (Å²) in [5, 5.41) is 0.328. The van der Waals surface area contributed by atoms with E-state index < -0.39 is 5.82 Å². The number of ether oxygens (including phenoxy) is 2. The summed E-state index contributed by atoms with van der Waals surface area (Å²) in [5.41, 5.74) is 3.59. The first-order valence-electron chi connectivity index (χ1n) is 11.9. The van der Waals surface area contributed by atoms with E-state index >= 15 is 0 Å². The van der Waals surface area contributed by atoms with Crippen LogP contribution in [0.2, 0.25) is 0 Å². The van der Waals surface area contributed by atoms with Crippen molar-refractivity contribution < 1.29 is 18.7 Å². The van der Waals surface area contributed by atoms with E-state index in [0.717, 1.165) is 50.1 Å². The Kier molecular flexibility index (Phi) is 6.37. The molecule has 5 rings (SSSR count). The van der Waals surface area contributed by atoms with Crippen LogP contribution in [0.3, 0.4) is 0 Å². The molecule has 0 aliphatic carbocycles. The van der Waals surface area contributed by atoms with Gasteiger partial charge < -0.3 is 19.4 Å². The number of nitrogens with zero attached hydrogens (tertiary/aromatic N) is 1. The molecule has 1 N–H and O–H groups in total. The normalized spacial score (nSPS) is 16.5. The van der Waals surface area contributed by atoms with Gasteiger partial charge in [0.25, 0.3) is 0 Å². The second-order valence-corrected chi connectivity index (χ2v) is 9.24. The first-order valence-corrected chi connectivity index (χ1v) is 11.9. The zero-order valence-electron chi connectivity index (χ0n) is 19.4. The number of anilines is 1.